The number of nitrogens with zero attached hydrogens (tertiary/aromatic N) is 2. The molecule has 0 radical (unpaired) electrons. The number of nitrogens with one attached hydrogen (secondary N) is 1. The molecule has 2 aromatic rings. The van der Waals surface area contributed by atoms with Gasteiger partial charge in [0.1, 0.15) is 5.82 Å². The van der Waals surface area contributed by atoms with Crippen molar-refractivity contribution in [2.24, 2.45) is 16.9 Å². The van der Waals surface area contributed by atoms with E-state index >= 15 is 0 Å². The Labute approximate surface area is 189 Å². The molecule has 176 valence electrons. The van der Waals surface area contributed by atoms with Gasteiger partial charge in [-0.1, -0.05) is 6.58 Å². The number of carbonyl (C=O) groups excluding carboxylic acids is 1. The van der Waals surface area contributed by atoms with Gasteiger partial charge in [-0.05, 0) is 57.2 Å². The number of halogens is 4. The first-order valence-electron chi connectivity index (χ1n) is 9.74. The zero-order chi connectivity index (χ0) is 25.4. The number of benzene rings is 2. The summed E-state index contributed by atoms with van der Waals surface area (Å²) >= 11 is 0. The van der Waals surface area contributed by atoms with Crippen LogP contribution in [0.3, 0.4) is 0 Å². The molecule has 33 heavy (non-hydrogen) atoms. The minimum absolute atomic E-state index is 0.0275. The lowest BCUT2D eigenvalue weighted by Gasteiger charge is -2.42. The second kappa shape index (κ2) is 8.75. The fourth-order valence-corrected chi connectivity index (χ4v) is 3.22. The SMILES string of the molecule is C=C(N)N(C)C(=O)C(C)(C)[C@](C)(N)c1cc(Nc2ccc(C#N)cc2C(F)(F)F)ccc1F. The summed E-state index contributed by atoms with van der Waals surface area (Å²) in [4.78, 5) is 14.0. The van der Waals surface area contributed by atoms with Gasteiger partial charge >= 0.3 is 6.18 Å². The molecule has 0 saturated carbocycles. The minimum atomic E-state index is -4.73. The van der Waals surface area contributed by atoms with Gasteiger partial charge in [0.25, 0.3) is 0 Å². The summed E-state index contributed by atoms with van der Waals surface area (Å²) in [6, 6.07) is 8.27. The Morgan fingerprint density at radius 2 is 1.73 bits per heavy atom. The third kappa shape index (κ3) is 4.93. The number of amides is 1. The molecule has 0 spiro atoms. The quantitative estimate of drug-likeness (QED) is 0.545. The van der Waals surface area contributed by atoms with E-state index in [2.05, 4.69) is 11.9 Å². The summed E-state index contributed by atoms with van der Waals surface area (Å²) in [5, 5.41) is 11.5. The molecular weight excluding hydrogens is 438 g/mol. The van der Waals surface area contributed by atoms with Gasteiger partial charge < -0.3 is 21.7 Å². The maximum Gasteiger partial charge on any atom is 0.418 e. The average Bonchev–Trinajstić information content (AvgIpc) is 2.73. The highest BCUT2D eigenvalue weighted by molar-refractivity contribution is 5.85. The first-order chi connectivity index (χ1) is 15.0. The first-order valence-corrected chi connectivity index (χ1v) is 9.74. The fraction of sp³-hybridized carbons (Fsp3) is 0.304. The average molecular weight is 463 g/mol. The van der Waals surface area contributed by atoms with E-state index in [1.165, 1.54) is 46.0 Å². The molecule has 10 heteroatoms. The van der Waals surface area contributed by atoms with E-state index in [1.54, 1.807) is 6.07 Å². The van der Waals surface area contributed by atoms with E-state index in [4.69, 9.17) is 16.7 Å². The Morgan fingerprint density at radius 3 is 2.24 bits per heavy atom. The number of nitrogens with two attached hydrogens (primary N) is 2. The van der Waals surface area contributed by atoms with Crippen LogP contribution >= 0.6 is 0 Å². The van der Waals surface area contributed by atoms with Crippen molar-refractivity contribution in [2.45, 2.75) is 32.5 Å². The monoisotopic (exact) mass is 463 g/mol. The number of anilines is 2. The van der Waals surface area contributed by atoms with Crippen LogP contribution in [-0.2, 0) is 16.5 Å². The number of nitriles is 1. The first kappa shape index (κ1) is 25.7. The molecule has 6 nitrogen and oxygen atoms in total. The van der Waals surface area contributed by atoms with E-state index in [-0.39, 0.29) is 28.3 Å². The van der Waals surface area contributed by atoms with Crippen LogP contribution in [0.4, 0.5) is 28.9 Å². The summed E-state index contributed by atoms with van der Waals surface area (Å²) in [6.45, 7) is 7.98. The van der Waals surface area contributed by atoms with Crippen molar-refractivity contribution < 1.29 is 22.4 Å². The van der Waals surface area contributed by atoms with Crippen molar-refractivity contribution >= 4 is 17.3 Å². The van der Waals surface area contributed by atoms with Gasteiger partial charge in [0.2, 0.25) is 5.91 Å². The van der Waals surface area contributed by atoms with Gasteiger partial charge in [0.05, 0.1) is 39.7 Å². The zero-order valence-electron chi connectivity index (χ0n) is 18.6. The molecule has 5 N–H and O–H groups in total. The highest BCUT2D eigenvalue weighted by Gasteiger charge is 2.48. The molecule has 0 bridgehead atoms. The van der Waals surface area contributed by atoms with Gasteiger partial charge in [-0.15, -0.1) is 0 Å². The fourth-order valence-electron chi connectivity index (χ4n) is 3.22. The Bertz CT molecular complexity index is 1130. The molecule has 0 aliphatic heterocycles. The maximum atomic E-state index is 14.8. The minimum Gasteiger partial charge on any atom is -0.386 e. The van der Waals surface area contributed by atoms with Gasteiger partial charge in [0.15, 0.2) is 0 Å². The van der Waals surface area contributed by atoms with E-state index < -0.39 is 34.4 Å². The highest BCUT2D eigenvalue weighted by Crippen LogP contribution is 2.42. The predicted octanol–water partition coefficient (Wildman–Crippen LogP) is 4.55. The molecule has 0 aromatic heterocycles. The second-order valence-electron chi connectivity index (χ2n) is 8.37. The number of rotatable bonds is 6. The molecule has 0 heterocycles. The molecule has 0 aliphatic rings. The smallest absolute Gasteiger partial charge is 0.386 e. The number of carbonyl (C=O) groups is 1. The van der Waals surface area contributed by atoms with Crippen molar-refractivity contribution in [1.82, 2.24) is 4.90 Å². The van der Waals surface area contributed by atoms with E-state index in [0.717, 1.165) is 23.1 Å². The summed E-state index contributed by atoms with van der Waals surface area (Å²) in [5.74, 6) is -1.29. The van der Waals surface area contributed by atoms with Crippen LogP contribution in [0.1, 0.15) is 37.5 Å². The Hall–Kier alpha value is -3.58. The van der Waals surface area contributed by atoms with Gasteiger partial charge in [-0.2, -0.15) is 18.4 Å². The molecule has 0 fully saturated rings. The second-order valence-corrected chi connectivity index (χ2v) is 8.37. The number of hydrogen-bond acceptors (Lipinski definition) is 5. The van der Waals surface area contributed by atoms with Gasteiger partial charge in [-0.25, -0.2) is 4.39 Å². The Balaban J connectivity index is 2.54. The van der Waals surface area contributed by atoms with Crippen LogP contribution in [0, 0.1) is 22.6 Å². The molecule has 0 aliphatic carbocycles. The standard InChI is InChI=1S/C23H25F4N5O/c1-13(29)32(5)20(33)21(2,3)22(4,30)16-11-15(7-8-18(16)24)31-19-9-6-14(12-28)10-17(19)23(25,26)27/h6-11,31H,1,29-30H2,2-5H3/t22-/m1/s1. The van der Waals surface area contributed by atoms with E-state index in [9.17, 15) is 22.4 Å². The Morgan fingerprint density at radius 1 is 1.12 bits per heavy atom. The predicted molar refractivity (Wildman–Crippen MR) is 117 cm³/mol. The third-order valence-electron chi connectivity index (χ3n) is 5.83. The largest absolute Gasteiger partial charge is 0.418 e. The highest BCUT2D eigenvalue weighted by atomic mass is 19.4. The number of alkyl halides is 3. The molecule has 0 unspecified atom stereocenters. The molecular formula is C23H25F4N5O. The lowest BCUT2D eigenvalue weighted by molar-refractivity contribution is -0.141. The molecule has 1 amide bonds. The van der Waals surface area contributed by atoms with Crippen LogP contribution in [0.5, 0.6) is 0 Å². The summed E-state index contributed by atoms with van der Waals surface area (Å²) < 4.78 is 55.3. The van der Waals surface area contributed by atoms with Crippen LogP contribution in [0.2, 0.25) is 0 Å². The lowest BCUT2D eigenvalue weighted by Crippen LogP contribution is -2.56. The zero-order valence-corrected chi connectivity index (χ0v) is 18.6. The van der Waals surface area contributed by atoms with Crippen molar-refractivity contribution in [3.8, 4) is 6.07 Å². The summed E-state index contributed by atoms with van der Waals surface area (Å²) in [5.41, 5.74) is 7.56. The van der Waals surface area contributed by atoms with Crippen molar-refractivity contribution in [3.05, 3.63) is 71.3 Å². The van der Waals surface area contributed by atoms with Crippen LogP contribution in [0.15, 0.2) is 48.8 Å². The normalized spacial score (nSPS) is 13.6. The topological polar surface area (TPSA) is 108 Å². The van der Waals surface area contributed by atoms with Gasteiger partial charge in [0, 0.05) is 18.3 Å². The third-order valence-corrected chi connectivity index (χ3v) is 5.83. The lowest BCUT2D eigenvalue weighted by atomic mass is 9.68. The van der Waals surface area contributed by atoms with E-state index in [0.29, 0.717) is 0 Å². The van der Waals surface area contributed by atoms with Crippen LogP contribution < -0.4 is 16.8 Å². The molecule has 2 aromatic carbocycles. The Kier molecular flexibility index (Phi) is 6.81. The molecule has 0 saturated heterocycles. The molecule has 1 atom stereocenters. The van der Waals surface area contributed by atoms with Crippen LogP contribution in [-0.4, -0.2) is 17.9 Å². The molecule has 2 rings (SSSR count). The maximum absolute atomic E-state index is 14.8. The number of hydrogen-bond donors (Lipinski definition) is 3. The van der Waals surface area contributed by atoms with E-state index in [1.807, 2.05) is 0 Å². The van der Waals surface area contributed by atoms with Crippen molar-refractivity contribution in [2.75, 3.05) is 12.4 Å². The summed E-state index contributed by atoms with van der Waals surface area (Å²) in [7, 11) is 1.40. The van der Waals surface area contributed by atoms with Crippen LogP contribution in [0.25, 0.3) is 0 Å². The van der Waals surface area contributed by atoms with Crippen molar-refractivity contribution in [1.29, 1.82) is 5.26 Å². The summed E-state index contributed by atoms with van der Waals surface area (Å²) in [6.07, 6.45) is -4.73. The van der Waals surface area contributed by atoms with Gasteiger partial charge in [-0.3, -0.25) is 4.79 Å². The van der Waals surface area contributed by atoms with Crippen molar-refractivity contribution in [3.63, 3.8) is 0 Å².